The minimum absolute atomic E-state index is 0.161. The average molecular weight is 226 g/mol. The summed E-state index contributed by atoms with van der Waals surface area (Å²) in [5.41, 5.74) is 0. The van der Waals surface area contributed by atoms with Crippen LogP contribution >= 0.6 is 11.6 Å². The van der Waals surface area contributed by atoms with Crippen molar-refractivity contribution in [3.05, 3.63) is 11.7 Å². The summed E-state index contributed by atoms with van der Waals surface area (Å²) >= 11 is 4.68. The van der Waals surface area contributed by atoms with Crippen molar-refractivity contribution < 1.29 is 13.3 Å². The van der Waals surface area contributed by atoms with Crippen LogP contribution in [0.1, 0.15) is 25.6 Å². The van der Waals surface area contributed by atoms with Gasteiger partial charge in [0.1, 0.15) is 0 Å². The van der Waals surface area contributed by atoms with E-state index in [9.17, 15) is 8.78 Å². The van der Waals surface area contributed by atoms with Crippen LogP contribution in [0.2, 0.25) is 0 Å². The van der Waals surface area contributed by atoms with Gasteiger partial charge in [-0.3, -0.25) is 0 Å². The maximum Gasteiger partial charge on any atom is 0.400 e. The zero-order chi connectivity index (χ0) is 10.8. The molecule has 0 aliphatic heterocycles. The highest BCUT2D eigenvalue weighted by molar-refractivity contribution is 6.21. The number of nitrogens with one attached hydrogen (secondary N) is 1. The van der Waals surface area contributed by atoms with Gasteiger partial charge in [-0.05, 0) is 11.6 Å². The molecule has 0 amide bonds. The second-order valence-electron chi connectivity index (χ2n) is 3.05. The fourth-order valence-electron chi connectivity index (χ4n) is 0.736. The van der Waals surface area contributed by atoms with Crippen LogP contribution in [0, 0.1) is 0 Å². The molecule has 0 radical (unpaired) electrons. The maximum atomic E-state index is 12.4. The second kappa shape index (κ2) is 4.18. The molecule has 14 heavy (non-hydrogen) atoms. The molecule has 1 aromatic rings. The van der Waals surface area contributed by atoms with Crippen LogP contribution in [0.3, 0.4) is 0 Å². The number of rotatable bonds is 4. The van der Waals surface area contributed by atoms with Crippen molar-refractivity contribution in [3.63, 3.8) is 0 Å². The van der Waals surface area contributed by atoms with E-state index in [2.05, 4.69) is 31.6 Å². The van der Waals surface area contributed by atoms with Crippen molar-refractivity contribution in [2.24, 2.45) is 0 Å². The Morgan fingerprint density at radius 3 is 2.64 bits per heavy atom. The van der Waals surface area contributed by atoms with E-state index in [1.54, 1.807) is 0 Å². The minimum Gasteiger partial charge on any atom is -0.331 e. The van der Waals surface area contributed by atoms with E-state index in [0.717, 1.165) is 0 Å². The monoisotopic (exact) mass is 225 g/mol. The lowest BCUT2D eigenvalue weighted by molar-refractivity contribution is 0.0550. The molecule has 0 saturated heterocycles. The van der Waals surface area contributed by atoms with E-state index in [1.165, 1.54) is 0 Å². The Morgan fingerprint density at radius 1 is 1.57 bits per heavy atom. The summed E-state index contributed by atoms with van der Waals surface area (Å²) < 4.78 is 29.1. The Labute approximate surface area is 84.6 Å². The molecule has 0 atom stereocenters. The predicted octanol–water partition coefficient (Wildman–Crippen LogP) is 1.86. The molecule has 7 heteroatoms. The lowest BCUT2D eigenvalue weighted by Gasteiger charge is -2.03. The molecule has 1 N–H and O–H groups in total. The summed E-state index contributed by atoms with van der Waals surface area (Å²) in [6.07, 6.45) is 0. The summed E-state index contributed by atoms with van der Waals surface area (Å²) in [7, 11) is 0. The van der Waals surface area contributed by atoms with Gasteiger partial charge in [0.25, 0.3) is 0 Å². The Kier molecular flexibility index (Phi) is 3.38. The molecular formula is C7H10ClF2N3O. The fourth-order valence-corrected chi connectivity index (χ4v) is 0.813. The van der Waals surface area contributed by atoms with Crippen LogP contribution in [-0.4, -0.2) is 16.2 Å². The van der Waals surface area contributed by atoms with E-state index < -0.39 is 11.3 Å². The van der Waals surface area contributed by atoms with E-state index in [-0.39, 0.29) is 18.4 Å². The van der Waals surface area contributed by atoms with E-state index in [1.807, 2.05) is 13.8 Å². The van der Waals surface area contributed by atoms with E-state index >= 15 is 0 Å². The second-order valence-corrected chi connectivity index (χ2v) is 3.52. The average Bonchev–Trinajstić information content (AvgIpc) is 2.47. The molecule has 0 aliphatic carbocycles. The third kappa shape index (κ3) is 3.19. The molecule has 0 fully saturated rings. The highest BCUT2D eigenvalue weighted by atomic mass is 35.5. The van der Waals surface area contributed by atoms with Crippen molar-refractivity contribution in [3.8, 4) is 0 Å². The number of hydrogen-bond acceptors (Lipinski definition) is 4. The van der Waals surface area contributed by atoms with Gasteiger partial charge in [-0.15, -0.1) is 0 Å². The predicted molar refractivity (Wildman–Crippen MR) is 46.0 cm³/mol. The SMILES string of the molecule is CC(C)NCc1noc(C(F)(F)Cl)n1. The number of aromatic nitrogens is 2. The summed E-state index contributed by atoms with van der Waals surface area (Å²) in [6.45, 7) is 4.10. The van der Waals surface area contributed by atoms with Crippen molar-refractivity contribution >= 4 is 11.6 Å². The van der Waals surface area contributed by atoms with Crippen LogP contribution in [0.25, 0.3) is 0 Å². The minimum atomic E-state index is -3.59. The topological polar surface area (TPSA) is 51.0 Å². The lowest BCUT2D eigenvalue weighted by atomic mass is 10.4. The lowest BCUT2D eigenvalue weighted by Crippen LogP contribution is -2.22. The van der Waals surface area contributed by atoms with Gasteiger partial charge < -0.3 is 9.84 Å². The molecule has 4 nitrogen and oxygen atoms in total. The highest BCUT2D eigenvalue weighted by Crippen LogP contribution is 2.30. The first-order valence-electron chi connectivity index (χ1n) is 4.02. The van der Waals surface area contributed by atoms with E-state index in [0.29, 0.717) is 0 Å². The molecule has 80 valence electrons. The molecule has 1 heterocycles. The number of alkyl halides is 3. The van der Waals surface area contributed by atoms with E-state index in [4.69, 9.17) is 0 Å². The Bertz CT molecular complexity index is 297. The largest absolute Gasteiger partial charge is 0.400 e. The Hall–Kier alpha value is -0.750. The van der Waals surface area contributed by atoms with Crippen LogP contribution in [0.4, 0.5) is 8.78 Å². The Balaban J connectivity index is 2.60. The third-order valence-electron chi connectivity index (χ3n) is 1.38. The normalized spacial score (nSPS) is 12.4. The van der Waals surface area contributed by atoms with Gasteiger partial charge in [0.05, 0.1) is 6.54 Å². The molecule has 0 bridgehead atoms. The van der Waals surface area contributed by atoms with Gasteiger partial charge in [-0.2, -0.15) is 13.8 Å². The zero-order valence-electron chi connectivity index (χ0n) is 7.72. The first-order chi connectivity index (χ1) is 6.39. The smallest absolute Gasteiger partial charge is 0.331 e. The standard InChI is InChI=1S/C7H10ClF2N3O/c1-4(2)11-3-5-12-6(14-13-5)7(8,9)10/h4,11H,3H2,1-2H3. The van der Waals surface area contributed by atoms with Crippen LogP contribution in [0.5, 0.6) is 0 Å². The maximum absolute atomic E-state index is 12.4. The first kappa shape index (κ1) is 11.3. The van der Waals surface area contributed by atoms with Gasteiger partial charge in [-0.25, -0.2) is 0 Å². The van der Waals surface area contributed by atoms with Crippen molar-refractivity contribution in [2.75, 3.05) is 0 Å². The number of hydrogen-bond donors (Lipinski definition) is 1. The van der Waals surface area contributed by atoms with Crippen LogP contribution in [0.15, 0.2) is 4.52 Å². The molecule has 0 saturated carbocycles. The highest BCUT2D eigenvalue weighted by Gasteiger charge is 2.35. The van der Waals surface area contributed by atoms with Gasteiger partial charge >= 0.3 is 11.3 Å². The van der Waals surface area contributed by atoms with Gasteiger partial charge in [0, 0.05) is 6.04 Å². The summed E-state index contributed by atoms with van der Waals surface area (Å²) in [6, 6.07) is 0.216. The number of nitrogens with zero attached hydrogens (tertiary/aromatic N) is 2. The summed E-state index contributed by atoms with van der Waals surface area (Å²) in [4.78, 5) is 3.43. The van der Waals surface area contributed by atoms with Gasteiger partial charge in [-0.1, -0.05) is 19.0 Å². The van der Waals surface area contributed by atoms with Gasteiger partial charge in [0.2, 0.25) is 0 Å². The molecular weight excluding hydrogens is 216 g/mol. The number of halogens is 3. The van der Waals surface area contributed by atoms with Crippen LogP contribution < -0.4 is 5.32 Å². The Morgan fingerprint density at radius 2 is 2.21 bits per heavy atom. The molecule has 0 unspecified atom stereocenters. The zero-order valence-corrected chi connectivity index (χ0v) is 8.48. The van der Waals surface area contributed by atoms with Crippen molar-refractivity contribution in [2.45, 2.75) is 31.8 Å². The van der Waals surface area contributed by atoms with Crippen molar-refractivity contribution in [1.29, 1.82) is 0 Å². The summed E-state index contributed by atoms with van der Waals surface area (Å²) in [5.74, 6) is -0.714. The summed E-state index contributed by atoms with van der Waals surface area (Å²) in [5, 5.41) is 2.70. The van der Waals surface area contributed by atoms with Gasteiger partial charge in [0.15, 0.2) is 5.82 Å². The fraction of sp³-hybridized carbons (Fsp3) is 0.714. The molecule has 0 aliphatic rings. The quantitative estimate of drug-likeness (QED) is 0.795. The molecule has 1 rings (SSSR count). The van der Waals surface area contributed by atoms with Crippen molar-refractivity contribution in [1.82, 2.24) is 15.5 Å². The first-order valence-corrected chi connectivity index (χ1v) is 4.40. The molecule has 0 spiro atoms. The molecule has 0 aromatic carbocycles. The third-order valence-corrected chi connectivity index (χ3v) is 1.54. The van der Waals surface area contributed by atoms with Crippen LogP contribution in [-0.2, 0) is 11.9 Å². The molecule has 1 aromatic heterocycles.